The number of nitrogens with zero attached hydrogens (tertiary/aromatic N) is 1. The van der Waals surface area contributed by atoms with Gasteiger partial charge in [0.05, 0.1) is 5.71 Å². The lowest BCUT2D eigenvalue weighted by Crippen LogP contribution is -2.33. The molecule has 118 valence electrons. The first-order valence-electron chi connectivity index (χ1n) is 7.40. The predicted molar refractivity (Wildman–Crippen MR) is 91.2 cm³/mol. The van der Waals surface area contributed by atoms with Gasteiger partial charge in [0.2, 0.25) is 0 Å². The number of aryl methyl sites for hydroxylation is 1. The summed E-state index contributed by atoms with van der Waals surface area (Å²) in [6, 6.07) is 16.7. The Bertz CT molecular complexity index is 707. The summed E-state index contributed by atoms with van der Waals surface area (Å²) in [6.07, 6.45) is 0.643. The normalized spacial score (nSPS) is 11.0. The van der Waals surface area contributed by atoms with Gasteiger partial charge in [-0.05, 0) is 31.0 Å². The molecule has 2 N–H and O–H groups in total. The fraction of sp³-hybridized carbons (Fsp3) is 0.167. The molecule has 0 heterocycles. The number of carbonyl (C=O) groups excluding carboxylic acids is 2. The van der Waals surface area contributed by atoms with E-state index in [0.717, 1.165) is 11.1 Å². The summed E-state index contributed by atoms with van der Waals surface area (Å²) in [5.41, 5.74) is 5.57. The summed E-state index contributed by atoms with van der Waals surface area (Å²) in [6.45, 7) is 3.88. The Hall–Kier alpha value is -2.95. The van der Waals surface area contributed by atoms with Crippen LogP contribution in [0.4, 0.5) is 5.69 Å². The van der Waals surface area contributed by atoms with Gasteiger partial charge in [-0.2, -0.15) is 5.10 Å². The molecule has 0 aromatic heterocycles. The first-order valence-corrected chi connectivity index (χ1v) is 7.40. The molecule has 0 saturated heterocycles. The first-order chi connectivity index (χ1) is 11.1. The standard InChI is InChI=1S/C18H19N3O2/c1-3-16(14-7-5-4-6-8-14)20-21-18(23)17(22)19-15-11-9-13(2)10-12-15/h4-12H,3H2,1-2H3,(H,19,22)(H,21,23)/b20-16-. The maximum absolute atomic E-state index is 11.8. The van der Waals surface area contributed by atoms with E-state index in [1.54, 1.807) is 12.1 Å². The third kappa shape index (κ3) is 4.78. The van der Waals surface area contributed by atoms with Crippen molar-refractivity contribution < 1.29 is 9.59 Å². The molecule has 0 atom stereocenters. The van der Waals surface area contributed by atoms with Gasteiger partial charge in [0, 0.05) is 5.69 Å². The number of benzene rings is 2. The maximum atomic E-state index is 11.8. The quantitative estimate of drug-likeness (QED) is 0.518. The zero-order valence-electron chi connectivity index (χ0n) is 13.2. The number of anilines is 1. The van der Waals surface area contributed by atoms with E-state index in [1.807, 2.05) is 56.3 Å². The molecule has 0 saturated carbocycles. The summed E-state index contributed by atoms with van der Waals surface area (Å²) in [7, 11) is 0. The number of hydrogen-bond acceptors (Lipinski definition) is 3. The van der Waals surface area contributed by atoms with Crippen LogP contribution in [0.25, 0.3) is 0 Å². The largest absolute Gasteiger partial charge is 0.329 e. The number of rotatable bonds is 4. The molecule has 0 aliphatic carbocycles. The molecule has 5 nitrogen and oxygen atoms in total. The summed E-state index contributed by atoms with van der Waals surface area (Å²) in [4.78, 5) is 23.7. The second-order valence-corrected chi connectivity index (χ2v) is 5.04. The Labute approximate surface area is 135 Å². The zero-order chi connectivity index (χ0) is 16.7. The average Bonchev–Trinajstić information content (AvgIpc) is 2.58. The van der Waals surface area contributed by atoms with Gasteiger partial charge >= 0.3 is 11.8 Å². The van der Waals surface area contributed by atoms with Crippen molar-refractivity contribution in [1.29, 1.82) is 0 Å². The van der Waals surface area contributed by atoms with E-state index in [4.69, 9.17) is 0 Å². The molecule has 0 unspecified atom stereocenters. The molecule has 0 fully saturated rings. The van der Waals surface area contributed by atoms with E-state index >= 15 is 0 Å². The fourth-order valence-corrected chi connectivity index (χ4v) is 1.97. The van der Waals surface area contributed by atoms with Crippen LogP contribution in [0.15, 0.2) is 59.7 Å². The Morgan fingerprint density at radius 2 is 1.61 bits per heavy atom. The predicted octanol–water partition coefficient (Wildman–Crippen LogP) is 2.86. The molecule has 2 aromatic rings. The van der Waals surface area contributed by atoms with Crippen molar-refractivity contribution in [2.45, 2.75) is 20.3 Å². The van der Waals surface area contributed by atoms with Gasteiger partial charge in [-0.25, -0.2) is 5.43 Å². The van der Waals surface area contributed by atoms with E-state index in [9.17, 15) is 9.59 Å². The topological polar surface area (TPSA) is 70.6 Å². The number of amides is 2. The lowest BCUT2D eigenvalue weighted by Gasteiger charge is -2.06. The molecule has 5 heteroatoms. The lowest BCUT2D eigenvalue weighted by molar-refractivity contribution is -0.136. The van der Waals surface area contributed by atoms with Gasteiger partial charge in [0.25, 0.3) is 0 Å². The van der Waals surface area contributed by atoms with Crippen LogP contribution < -0.4 is 10.7 Å². The molecule has 0 bridgehead atoms. The van der Waals surface area contributed by atoms with Gasteiger partial charge in [-0.3, -0.25) is 9.59 Å². The molecule has 2 amide bonds. The zero-order valence-corrected chi connectivity index (χ0v) is 13.2. The molecule has 0 aliphatic rings. The van der Waals surface area contributed by atoms with Crippen molar-refractivity contribution in [3.63, 3.8) is 0 Å². The minimum atomic E-state index is -0.799. The van der Waals surface area contributed by atoms with Gasteiger partial charge in [-0.1, -0.05) is 55.0 Å². The molecule has 2 rings (SSSR count). The van der Waals surface area contributed by atoms with Gasteiger partial charge < -0.3 is 5.32 Å². The van der Waals surface area contributed by atoms with Crippen molar-refractivity contribution in [2.24, 2.45) is 5.10 Å². The highest BCUT2D eigenvalue weighted by molar-refractivity contribution is 6.39. The van der Waals surface area contributed by atoms with Crippen molar-refractivity contribution >= 4 is 23.2 Å². The second kappa shape index (κ2) is 7.89. The van der Waals surface area contributed by atoms with Crippen LogP contribution in [-0.4, -0.2) is 17.5 Å². The van der Waals surface area contributed by atoms with Crippen LogP contribution in [0.3, 0.4) is 0 Å². The summed E-state index contributed by atoms with van der Waals surface area (Å²) in [5, 5.41) is 6.58. The van der Waals surface area contributed by atoms with E-state index in [0.29, 0.717) is 17.8 Å². The van der Waals surface area contributed by atoms with Crippen LogP contribution in [0, 0.1) is 6.92 Å². The highest BCUT2D eigenvalue weighted by Gasteiger charge is 2.13. The van der Waals surface area contributed by atoms with Crippen LogP contribution in [0.1, 0.15) is 24.5 Å². The molecule has 23 heavy (non-hydrogen) atoms. The molecule has 0 aliphatic heterocycles. The molecule has 0 radical (unpaired) electrons. The summed E-state index contributed by atoms with van der Waals surface area (Å²) >= 11 is 0. The number of carbonyl (C=O) groups is 2. The third-order valence-electron chi connectivity index (χ3n) is 3.25. The number of hydrazone groups is 1. The van der Waals surface area contributed by atoms with E-state index in [-0.39, 0.29) is 0 Å². The van der Waals surface area contributed by atoms with Crippen molar-refractivity contribution in [2.75, 3.05) is 5.32 Å². The van der Waals surface area contributed by atoms with Gasteiger partial charge in [0.1, 0.15) is 0 Å². The van der Waals surface area contributed by atoms with Crippen molar-refractivity contribution in [3.8, 4) is 0 Å². The fourth-order valence-electron chi connectivity index (χ4n) is 1.97. The summed E-state index contributed by atoms with van der Waals surface area (Å²) in [5.74, 6) is -1.55. The Morgan fingerprint density at radius 3 is 2.22 bits per heavy atom. The highest BCUT2D eigenvalue weighted by Crippen LogP contribution is 2.08. The average molecular weight is 309 g/mol. The minimum Gasteiger partial charge on any atom is -0.318 e. The van der Waals surface area contributed by atoms with Crippen LogP contribution >= 0.6 is 0 Å². The van der Waals surface area contributed by atoms with Crippen LogP contribution in [-0.2, 0) is 9.59 Å². The third-order valence-corrected chi connectivity index (χ3v) is 3.25. The summed E-state index contributed by atoms with van der Waals surface area (Å²) < 4.78 is 0. The van der Waals surface area contributed by atoms with Crippen molar-refractivity contribution in [3.05, 3.63) is 65.7 Å². The second-order valence-electron chi connectivity index (χ2n) is 5.04. The minimum absolute atomic E-state index is 0.568. The van der Waals surface area contributed by atoms with Gasteiger partial charge in [0.15, 0.2) is 0 Å². The van der Waals surface area contributed by atoms with Crippen LogP contribution in [0.5, 0.6) is 0 Å². The molecular weight excluding hydrogens is 290 g/mol. The smallest absolute Gasteiger partial charge is 0.318 e. The molecule has 0 spiro atoms. The Morgan fingerprint density at radius 1 is 0.957 bits per heavy atom. The maximum Gasteiger partial charge on any atom is 0.329 e. The highest BCUT2D eigenvalue weighted by atomic mass is 16.2. The van der Waals surface area contributed by atoms with Crippen LogP contribution in [0.2, 0.25) is 0 Å². The van der Waals surface area contributed by atoms with Gasteiger partial charge in [-0.15, -0.1) is 0 Å². The first kappa shape index (κ1) is 16.4. The SMILES string of the molecule is CC/C(=N/NC(=O)C(=O)Nc1ccc(C)cc1)c1ccccc1. The molecule has 2 aromatic carbocycles. The van der Waals surface area contributed by atoms with E-state index in [1.165, 1.54) is 0 Å². The monoisotopic (exact) mass is 309 g/mol. The lowest BCUT2D eigenvalue weighted by atomic mass is 10.1. The van der Waals surface area contributed by atoms with E-state index < -0.39 is 11.8 Å². The number of nitrogens with one attached hydrogen (secondary N) is 2. The number of hydrogen-bond donors (Lipinski definition) is 2. The van der Waals surface area contributed by atoms with E-state index in [2.05, 4.69) is 15.8 Å². The Balaban J connectivity index is 1.98. The molecular formula is C18H19N3O2. The Kier molecular flexibility index (Phi) is 5.63. The van der Waals surface area contributed by atoms with Crippen molar-refractivity contribution in [1.82, 2.24) is 5.43 Å².